The second-order valence-electron chi connectivity index (χ2n) is 14.2. The van der Waals surface area contributed by atoms with Crippen molar-refractivity contribution < 1.29 is 0 Å². The van der Waals surface area contributed by atoms with Gasteiger partial charge in [-0.3, -0.25) is 0 Å². The van der Waals surface area contributed by atoms with Crippen LogP contribution in [-0.2, 0) is 5.41 Å². The number of fused-ring (bicyclic) bond motifs is 5. The monoisotopic (exact) mass is 668 g/mol. The number of anilines is 5. The third kappa shape index (κ3) is 5.27. The molecule has 0 aromatic heterocycles. The molecule has 1 aliphatic heterocycles. The van der Waals surface area contributed by atoms with E-state index in [-0.39, 0.29) is 5.41 Å². The smallest absolute Gasteiger partial charge is 0.0540 e. The number of nitrogens with zero attached hydrogens (tertiary/aromatic N) is 2. The van der Waals surface area contributed by atoms with Crippen LogP contribution < -0.4 is 9.80 Å². The largest absolute Gasteiger partial charge is 0.337 e. The van der Waals surface area contributed by atoms with Gasteiger partial charge in [-0.05, 0) is 98.9 Å². The van der Waals surface area contributed by atoms with Crippen LogP contribution >= 0.6 is 0 Å². The summed E-state index contributed by atoms with van der Waals surface area (Å²) in [4.78, 5) is 4.79. The summed E-state index contributed by atoms with van der Waals surface area (Å²) in [5.74, 6) is 0. The van der Waals surface area contributed by atoms with Crippen molar-refractivity contribution in [1.29, 1.82) is 0 Å². The molecule has 0 amide bonds. The fourth-order valence-corrected chi connectivity index (χ4v) is 8.22. The van der Waals surface area contributed by atoms with Crippen molar-refractivity contribution in [3.8, 4) is 22.3 Å². The summed E-state index contributed by atoms with van der Waals surface area (Å²) in [6, 6.07) is 57.5. The summed E-state index contributed by atoms with van der Waals surface area (Å²) in [5, 5.41) is 2.41. The summed E-state index contributed by atoms with van der Waals surface area (Å²) < 4.78 is 0. The first-order valence-electron chi connectivity index (χ1n) is 18.1. The van der Waals surface area contributed by atoms with Crippen LogP contribution in [0.1, 0.15) is 30.5 Å². The summed E-state index contributed by atoms with van der Waals surface area (Å²) in [7, 11) is 0. The van der Waals surface area contributed by atoms with Crippen molar-refractivity contribution in [1.82, 2.24) is 0 Å². The van der Waals surface area contributed by atoms with E-state index in [1.165, 1.54) is 44.2 Å². The highest BCUT2D eigenvalue weighted by atomic mass is 15.1. The lowest BCUT2D eigenvalue weighted by Crippen LogP contribution is -2.18. The number of hydrogen-bond donors (Lipinski definition) is 0. The molecular formula is C50H40N2. The van der Waals surface area contributed by atoms with Gasteiger partial charge in [-0.2, -0.15) is 0 Å². The van der Waals surface area contributed by atoms with E-state index in [0.717, 1.165) is 46.1 Å². The van der Waals surface area contributed by atoms with E-state index in [1.807, 2.05) is 0 Å². The summed E-state index contributed by atoms with van der Waals surface area (Å²) >= 11 is 0. The average molecular weight is 669 g/mol. The molecule has 0 spiro atoms. The minimum Gasteiger partial charge on any atom is -0.337 e. The predicted octanol–water partition coefficient (Wildman–Crippen LogP) is 13.6. The van der Waals surface area contributed by atoms with Gasteiger partial charge in [0.1, 0.15) is 0 Å². The Hall–Kier alpha value is -6.38. The molecule has 7 aromatic carbocycles. The van der Waals surface area contributed by atoms with Crippen molar-refractivity contribution >= 4 is 44.8 Å². The quantitative estimate of drug-likeness (QED) is 0.180. The molecule has 0 radical (unpaired) electrons. The molecule has 0 unspecified atom stereocenters. The van der Waals surface area contributed by atoms with E-state index in [9.17, 15) is 0 Å². The maximum atomic E-state index is 4.52. The molecule has 1 heterocycles. The normalized spacial score (nSPS) is 15.5. The second-order valence-corrected chi connectivity index (χ2v) is 14.2. The van der Waals surface area contributed by atoms with Gasteiger partial charge in [0, 0.05) is 45.7 Å². The predicted molar refractivity (Wildman–Crippen MR) is 222 cm³/mol. The molecular weight excluding hydrogens is 629 g/mol. The standard InChI is InChI=1S/C50H40N2/c1-35-17-7-6-16-32-51(37-18-8-4-9-19-37)48-30-26-36(33-45(35)48)40-29-31-49(44-24-13-12-22-41(40)44)52(38-20-10-5-11-21-38)39-27-28-43-42-23-14-15-25-46(42)50(2,3)47(43)34-39/h4-31,33-34H,1,32H2,2-3H3/b16-6-,17-7-. The topological polar surface area (TPSA) is 6.48 Å². The molecule has 0 N–H and O–H groups in total. The summed E-state index contributed by atoms with van der Waals surface area (Å²) in [5.41, 5.74) is 15.5. The Morgan fingerprint density at radius 1 is 0.558 bits per heavy atom. The zero-order valence-corrected chi connectivity index (χ0v) is 29.6. The lowest BCUT2D eigenvalue weighted by Gasteiger charge is -2.29. The van der Waals surface area contributed by atoms with E-state index in [4.69, 9.17) is 0 Å². The Morgan fingerprint density at radius 3 is 2.08 bits per heavy atom. The molecule has 52 heavy (non-hydrogen) atoms. The fourth-order valence-electron chi connectivity index (χ4n) is 8.22. The highest BCUT2D eigenvalue weighted by Crippen LogP contribution is 2.51. The van der Waals surface area contributed by atoms with Crippen molar-refractivity contribution in [3.05, 3.63) is 205 Å². The molecule has 0 bridgehead atoms. The van der Waals surface area contributed by atoms with Crippen LogP contribution in [0, 0.1) is 0 Å². The SMILES string of the molecule is C=C1/C=C\C=C/CN(c2ccccc2)c2ccc(-c3ccc(N(c4ccccc4)c4ccc5c(c4)C(C)(C)c4ccccc4-5)c4ccccc34)cc21. The third-order valence-corrected chi connectivity index (χ3v) is 10.8. The Kier molecular flexibility index (Phi) is 7.74. The minimum atomic E-state index is -0.0923. The number of rotatable bonds is 5. The van der Waals surface area contributed by atoms with Crippen LogP contribution in [-0.4, -0.2) is 6.54 Å². The zero-order chi connectivity index (χ0) is 35.2. The Morgan fingerprint density at radius 2 is 1.25 bits per heavy atom. The van der Waals surface area contributed by atoms with Crippen molar-refractivity contribution in [3.63, 3.8) is 0 Å². The first-order chi connectivity index (χ1) is 25.5. The second kappa shape index (κ2) is 12.7. The lowest BCUT2D eigenvalue weighted by atomic mass is 9.82. The highest BCUT2D eigenvalue weighted by molar-refractivity contribution is 6.07. The van der Waals surface area contributed by atoms with E-state index in [0.29, 0.717) is 0 Å². The minimum absolute atomic E-state index is 0.0923. The van der Waals surface area contributed by atoms with Crippen LogP contribution in [0.4, 0.5) is 28.4 Å². The van der Waals surface area contributed by atoms with Gasteiger partial charge in [-0.25, -0.2) is 0 Å². The molecule has 250 valence electrons. The third-order valence-electron chi connectivity index (χ3n) is 10.8. The number of hydrogen-bond acceptors (Lipinski definition) is 2. The molecule has 0 fully saturated rings. The first kappa shape index (κ1) is 31.6. The maximum Gasteiger partial charge on any atom is 0.0540 e. The Labute approximate surface area is 306 Å². The van der Waals surface area contributed by atoms with Crippen LogP contribution in [0.2, 0.25) is 0 Å². The van der Waals surface area contributed by atoms with Crippen LogP contribution in [0.15, 0.2) is 189 Å². The fraction of sp³-hybridized carbons (Fsp3) is 0.0800. The molecule has 0 saturated carbocycles. The number of para-hydroxylation sites is 2. The van der Waals surface area contributed by atoms with Crippen molar-refractivity contribution in [2.24, 2.45) is 0 Å². The molecule has 9 rings (SSSR count). The Balaban J connectivity index is 1.20. The van der Waals surface area contributed by atoms with E-state index in [2.05, 4.69) is 212 Å². The average Bonchev–Trinajstić information content (AvgIpc) is 3.46. The number of allylic oxidation sites excluding steroid dienone is 4. The molecule has 0 atom stereocenters. The van der Waals surface area contributed by atoms with E-state index in [1.54, 1.807) is 0 Å². The van der Waals surface area contributed by atoms with Gasteiger partial charge in [0.2, 0.25) is 0 Å². The van der Waals surface area contributed by atoms with Gasteiger partial charge in [0.15, 0.2) is 0 Å². The zero-order valence-electron chi connectivity index (χ0n) is 29.6. The van der Waals surface area contributed by atoms with E-state index >= 15 is 0 Å². The van der Waals surface area contributed by atoms with Gasteiger partial charge >= 0.3 is 0 Å². The van der Waals surface area contributed by atoms with Gasteiger partial charge in [-0.15, -0.1) is 0 Å². The summed E-state index contributed by atoms with van der Waals surface area (Å²) in [6.07, 6.45) is 8.52. The van der Waals surface area contributed by atoms with Crippen LogP contribution in [0.25, 0.3) is 38.6 Å². The van der Waals surface area contributed by atoms with Gasteiger partial charge in [0.05, 0.1) is 5.69 Å². The highest BCUT2D eigenvalue weighted by Gasteiger charge is 2.35. The molecule has 2 nitrogen and oxygen atoms in total. The first-order valence-corrected chi connectivity index (χ1v) is 18.1. The van der Waals surface area contributed by atoms with Crippen molar-refractivity contribution in [2.75, 3.05) is 16.3 Å². The molecule has 2 aliphatic rings. The molecule has 1 aliphatic carbocycles. The van der Waals surface area contributed by atoms with Crippen molar-refractivity contribution in [2.45, 2.75) is 19.3 Å². The van der Waals surface area contributed by atoms with Crippen LogP contribution in [0.3, 0.4) is 0 Å². The summed E-state index contributed by atoms with van der Waals surface area (Å²) in [6.45, 7) is 9.99. The Bertz CT molecular complexity index is 2540. The maximum absolute atomic E-state index is 4.52. The van der Waals surface area contributed by atoms with Gasteiger partial charge in [0.25, 0.3) is 0 Å². The molecule has 0 saturated heterocycles. The van der Waals surface area contributed by atoms with E-state index < -0.39 is 0 Å². The van der Waals surface area contributed by atoms with Crippen LogP contribution in [0.5, 0.6) is 0 Å². The molecule has 2 heteroatoms. The van der Waals surface area contributed by atoms with Gasteiger partial charge in [-0.1, -0.05) is 148 Å². The van der Waals surface area contributed by atoms with Gasteiger partial charge < -0.3 is 9.80 Å². The molecule has 7 aromatic rings. The number of benzene rings is 7. The lowest BCUT2D eigenvalue weighted by molar-refractivity contribution is 0.660.